The van der Waals surface area contributed by atoms with Crippen molar-refractivity contribution >= 4 is 23.1 Å². The number of aromatic nitrogens is 3. The predicted molar refractivity (Wildman–Crippen MR) is 140 cm³/mol. The maximum Gasteiger partial charge on any atom is 0.166 e. The van der Waals surface area contributed by atoms with Crippen molar-refractivity contribution in [2.75, 3.05) is 13.1 Å². The van der Waals surface area contributed by atoms with Gasteiger partial charge in [-0.1, -0.05) is 44.5 Å². The molecule has 0 radical (unpaired) electrons. The van der Waals surface area contributed by atoms with Gasteiger partial charge in [-0.05, 0) is 68.3 Å². The van der Waals surface area contributed by atoms with Gasteiger partial charge in [-0.15, -0.1) is 10.2 Å². The summed E-state index contributed by atoms with van der Waals surface area (Å²) in [4.78, 5) is 15.6. The summed E-state index contributed by atoms with van der Waals surface area (Å²) in [6, 6.07) is 6.77. The van der Waals surface area contributed by atoms with Crippen molar-refractivity contribution in [2.24, 2.45) is 17.1 Å². The van der Waals surface area contributed by atoms with Crippen LogP contribution in [0.4, 0.5) is 0 Å². The van der Waals surface area contributed by atoms with Gasteiger partial charge >= 0.3 is 0 Å². The SMILES string of the molecule is Cc1ccc(CC(=O)[C@H]2CN(C(N)=S)C[C@@H]2c2nnc(CCCC(C)(C)C)n2C2CC2)c(C)c1. The number of hydrogen-bond acceptors (Lipinski definition) is 4. The number of ketones is 1. The molecule has 2 aliphatic rings. The van der Waals surface area contributed by atoms with Gasteiger partial charge in [0.1, 0.15) is 17.4 Å². The summed E-state index contributed by atoms with van der Waals surface area (Å²) < 4.78 is 2.35. The normalized spacial score (nSPS) is 20.7. The molecule has 2 aromatic rings. The first-order chi connectivity index (χ1) is 16.0. The van der Waals surface area contributed by atoms with Crippen LogP contribution >= 0.6 is 12.2 Å². The first kappa shape index (κ1) is 24.8. The first-order valence-electron chi connectivity index (χ1n) is 12.6. The third-order valence-electron chi connectivity index (χ3n) is 7.27. The van der Waals surface area contributed by atoms with Crippen molar-refractivity contribution in [1.82, 2.24) is 19.7 Å². The third-order valence-corrected chi connectivity index (χ3v) is 7.53. The maximum absolute atomic E-state index is 13.6. The lowest BCUT2D eigenvalue weighted by Gasteiger charge is -2.20. The second kappa shape index (κ2) is 9.76. The van der Waals surface area contributed by atoms with Crippen LogP contribution in [-0.2, 0) is 17.6 Å². The minimum absolute atomic E-state index is 0.0378. The molecule has 0 spiro atoms. The number of carbonyl (C=O) groups excluding carboxylic acids is 1. The molecule has 1 aliphatic carbocycles. The molecule has 1 aromatic carbocycles. The average Bonchev–Trinajstić information content (AvgIpc) is 3.33. The number of nitrogens with two attached hydrogens (primary N) is 1. The van der Waals surface area contributed by atoms with Crippen LogP contribution in [0.5, 0.6) is 0 Å². The molecule has 1 aliphatic heterocycles. The highest BCUT2D eigenvalue weighted by Crippen LogP contribution is 2.42. The molecule has 1 saturated heterocycles. The summed E-state index contributed by atoms with van der Waals surface area (Å²) in [5.41, 5.74) is 9.79. The summed E-state index contributed by atoms with van der Waals surface area (Å²) in [7, 11) is 0. The lowest BCUT2D eigenvalue weighted by Crippen LogP contribution is -2.34. The number of likely N-dealkylation sites (tertiary alicyclic amines) is 1. The molecule has 0 unspecified atom stereocenters. The number of rotatable bonds is 8. The topological polar surface area (TPSA) is 77.0 Å². The van der Waals surface area contributed by atoms with Gasteiger partial charge in [0.2, 0.25) is 0 Å². The standard InChI is InChI=1S/C27H39N5OS/c1-17-8-9-19(18(2)13-17)14-23(33)21-15-31(26(28)34)16-22(21)25-30-29-24(32(25)20-10-11-20)7-6-12-27(3,4)5/h8-9,13,20-22H,6-7,10-12,14-16H2,1-5H3,(H2,28,34)/t21-,22-/m0/s1. The van der Waals surface area contributed by atoms with E-state index in [1.54, 1.807) is 0 Å². The van der Waals surface area contributed by atoms with Crippen molar-refractivity contribution in [3.8, 4) is 0 Å². The zero-order valence-electron chi connectivity index (χ0n) is 21.3. The fourth-order valence-electron chi connectivity index (χ4n) is 5.20. The quantitative estimate of drug-likeness (QED) is 0.552. The van der Waals surface area contributed by atoms with Crippen LogP contribution in [0.1, 0.15) is 86.8 Å². The minimum atomic E-state index is -0.189. The molecular formula is C27H39N5OS. The van der Waals surface area contributed by atoms with E-state index in [4.69, 9.17) is 18.0 Å². The Labute approximate surface area is 209 Å². The lowest BCUT2D eigenvalue weighted by atomic mass is 9.87. The van der Waals surface area contributed by atoms with Crippen LogP contribution in [0.15, 0.2) is 18.2 Å². The molecule has 184 valence electrons. The summed E-state index contributed by atoms with van der Waals surface area (Å²) in [6.07, 6.45) is 5.90. The van der Waals surface area contributed by atoms with Gasteiger partial charge < -0.3 is 15.2 Å². The van der Waals surface area contributed by atoms with E-state index in [1.165, 1.54) is 5.56 Å². The Morgan fingerprint density at radius 2 is 1.91 bits per heavy atom. The van der Waals surface area contributed by atoms with E-state index in [1.807, 2.05) is 4.90 Å². The largest absolute Gasteiger partial charge is 0.376 e. The Morgan fingerprint density at radius 3 is 2.53 bits per heavy atom. The Hall–Kier alpha value is -2.28. The van der Waals surface area contributed by atoms with Crippen LogP contribution < -0.4 is 5.73 Å². The summed E-state index contributed by atoms with van der Waals surface area (Å²) in [6.45, 7) is 12.2. The number of thiocarbonyl (C=S) groups is 1. The van der Waals surface area contributed by atoms with Crippen molar-refractivity contribution in [3.63, 3.8) is 0 Å². The Morgan fingerprint density at radius 1 is 1.18 bits per heavy atom. The number of carbonyl (C=O) groups is 1. The molecule has 0 amide bonds. The maximum atomic E-state index is 13.6. The number of nitrogens with zero attached hydrogens (tertiary/aromatic N) is 4. The molecule has 34 heavy (non-hydrogen) atoms. The molecule has 0 bridgehead atoms. The van der Waals surface area contributed by atoms with E-state index < -0.39 is 0 Å². The van der Waals surface area contributed by atoms with E-state index in [0.29, 0.717) is 36.1 Å². The fourth-order valence-corrected chi connectivity index (χ4v) is 5.35. The van der Waals surface area contributed by atoms with Crippen molar-refractivity contribution in [1.29, 1.82) is 0 Å². The molecule has 7 heteroatoms. The van der Waals surface area contributed by atoms with E-state index in [0.717, 1.165) is 54.9 Å². The van der Waals surface area contributed by atoms with E-state index in [9.17, 15) is 4.79 Å². The molecule has 6 nitrogen and oxygen atoms in total. The predicted octanol–water partition coefficient (Wildman–Crippen LogP) is 4.67. The second-order valence-corrected chi connectivity index (χ2v) is 11.9. The molecular weight excluding hydrogens is 442 g/mol. The third kappa shape index (κ3) is 5.68. The number of benzene rings is 1. The number of Topliss-reactive ketones (excluding diaryl/α,β-unsaturated/α-hetero) is 1. The van der Waals surface area contributed by atoms with Gasteiger partial charge in [0.05, 0.1) is 0 Å². The van der Waals surface area contributed by atoms with Crippen molar-refractivity contribution < 1.29 is 4.79 Å². The highest BCUT2D eigenvalue weighted by atomic mass is 32.1. The van der Waals surface area contributed by atoms with Gasteiger partial charge in [0, 0.05) is 43.8 Å². The van der Waals surface area contributed by atoms with Crippen LogP contribution in [0.2, 0.25) is 0 Å². The van der Waals surface area contributed by atoms with Gasteiger partial charge in [-0.2, -0.15) is 0 Å². The van der Waals surface area contributed by atoms with Crippen molar-refractivity contribution in [3.05, 3.63) is 46.5 Å². The summed E-state index contributed by atoms with van der Waals surface area (Å²) in [5.74, 6) is 2.02. The Bertz CT molecular complexity index is 1070. The summed E-state index contributed by atoms with van der Waals surface area (Å²) >= 11 is 5.31. The molecule has 2 fully saturated rings. The minimum Gasteiger partial charge on any atom is -0.376 e. The van der Waals surface area contributed by atoms with E-state index >= 15 is 0 Å². The Balaban J connectivity index is 1.59. The molecule has 1 aromatic heterocycles. The summed E-state index contributed by atoms with van der Waals surface area (Å²) in [5, 5.41) is 9.68. The molecule has 4 rings (SSSR count). The Kier molecular flexibility index (Phi) is 7.13. The fraction of sp³-hybridized carbons (Fsp3) is 0.630. The van der Waals surface area contributed by atoms with Crippen molar-refractivity contribution in [2.45, 2.75) is 85.1 Å². The van der Waals surface area contributed by atoms with Gasteiger partial charge in [-0.25, -0.2) is 0 Å². The first-order valence-corrected chi connectivity index (χ1v) is 13.0. The van der Waals surface area contributed by atoms with Gasteiger partial charge in [0.25, 0.3) is 0 Å². The number of aryl methyl sites for hydroxylation is 3. The second-order valence-electron chi connectivity index (χ2n) is 11.5. The average molecular weight is 482 g/mol. The highest BCUT2D eigenvalue weighted by Gasteiger charge is 2.43. The highest BCUT2D eigenvalue weighted by molar-refractivity contribution is 7.80. The lowest BCUT2D eigenvalue weighted by molar-refractivity contribution is -0.122. The zero-order valence-corrected chi connectivity index (χ0v) is 22.1. The monoisotopic (exact) mass is 481 g/mol. The molecule has 2 atom stereocenters. The van der Waals surface area contributed by atoms with Crippen LogP contribution in [-0.4, -0.2) is 43.6 Å². The van der Waals surface area contributed by atoms with E-state index in [-0.39, 0.29) is 17.6 Å². The van der Waals surface area contributed by atoms with Gasteiger partial charge in [-0.3, -0.25) is 4.79 Å². The molecule has 1 saturated carbocycles. The van der Waals surface area contributed by atoms with Crippen LogP contribution in [0, 0.1) is 25.2 Å². The van der Waals surface area contributed by atoms with Gasteiger partial charge in [0.15, 0.2) is 5.11 Å². The van der Waals surface area contributed by atoms with Crippen LogP contribution in [0.25, 0.3) is 0 Å². The zero-order chi connectivity index (χ0) is 24.6. The molecule has 2 heterocycles. The van der Waals surface area contributed by atoms with E-state index in [2.05, 4.69) is 67.6 Å². The van der Waals surface area contributed by atoms with Crippen LogP contribution in [0.3, 0.4) is 0 Å². The molecule has 2 N–H and O–H groups in total. The smallest absolute Gasteiger partial charge is 0.166 e. The number of hydrogen-bond donors (Lipinski definition) is 1.